The lowest BCUT2D eigenvalue weighted by molar-refractivity contribution is -0.124. The molecule has 1 unspecified atom stereocenters. The first-order valence-corrected chi connectivity index (χ1v) is 8.95. The minimum absolute atomic E-state index is 0.0596. The fourth-order valence-electron chi connectivity index (χ4n) is 6.44. The monoisotopic (exact) mass is 321 g/mol. The van der Waals surface area contributed by atoms with Crippen LogP contribution in [0, 0.1) is 34.5 Å². The maximum absolute atomic E-state index is 14.4. The van der Waals surface area contributed by atoms with Crippen LogP contribution in [0.15, 0.2) is 24.0 Å². The van der Waals surface area contributed by atoms with Crippen LogP contribution < -0.4 is 5.73 Å². The quantitative estimate of drug-likeness (QED) is 0.642. The molecule has 0 aliphatic heterocycles. The van der Waals surface area contributed by atoms with Crippen LogP contribution in [0.2, 0.25) is 0 Å². The molecule has 0 saturated heterocycles. The molecule has 0 aromatic heterocycles. The van der Waals surface area contributed by atoms with Gasteiger partial charge in [-0.25, -0.2) is 4.39 Å². The molecular weight excluding hydrogens is 293 g/mol. The van der Waals surface area contributed by atoms with Crippen molar-refractivity contribution in [2.24, 2.45) is 40.2 Å². The third-order valence-electron chi connectivity index (χ3n) is 7.92. The van der Waals surface area contributed by atoms with Crippen molar-refractivity contribution in [2.45, 2.75) is 57.8 Å². The summed E-state index contributed by atoms with van der Waals surface area (Å²) in [6.45, 7) is 4.37. The van der Waals surface area contributed by atoms with Gasteiger partial charge in [0.25, 0.3) is 0 Å². The first-order chi connectivity index (χ1) is 10.8. The number of aliphatic hydroxyl groups excluding tert-OH is 2. The van der Waals surface area contributed by atoms with Crippen LogP contribution in [0.5, 0.6) is 0 Å². The van der Waals surface area contributed by atoms with Crippen molar-refractivity contribution in [3.63, 3.8) is 0 Å². The van der Waals surface area contributed by atoms with Crippen molar-refractivity contribution < 1.29 is 14.6 Å². The van der Waals surface area contributed by atoms with Crippen LogP contribution >= 0.6 is 0 Å². The van der Waals surface area contributed by atoms with Gasteiger partial charge in [0.05, 0.1) is 6.10 Å². The van der Waals surface area contributed by atoms with Crippen molar-refractivity contribution >= 4 is 0 Å². The highest BCUT2D eigenvalue weighted by Gasteiger charge is 2.63. The van der Waals surface area contributed by atoms with Crippen molar-refractivity contribution in [1.29, 1.82) is 0 Å². The van der Waals surface area contributed by atoms with Crippen molar-refractivity contribution in [1.82, 2.24) is 0 Å². The van der Waals surface area contributed by atoms with Crippen molar-refractivity contribution in [3.05, 3.63) is 24.0 Å². The average Bonchev–Trinajstić information content (AvgIpc) is 2.73. The minimum atomic E-state index is -0.952. The standard InChI is InChI=1S/C19H28FNO2/c1-18-5-3-11(22)7-10(18)8-15(23)16-12(18)4-6-19(2)13(16)9-14(20)17(19)21/h3,5,7,10,12-17,22-23H,4,6,8-9,21H2,1-2H3/t10?,12-,13-,14+,15-,16+,17+,18-,19-/m0/s1. The third kappa shape index (κ3) is 1.94. The van der Waals surface area contributed by atoms with Crippen LogP contribution in [-0.2, 0) is 0 Å². The molecule has 4 aliphatic carbocycles. The number of hydrogen-bond acceptors (Lipinski definition) is 3. The Morgan fingerprint density at radius 2 is 2.00 bits per heavy atom. The number of aliphatic hydroxyl groups is 2. The van der Waals surface area contributed by atoms with Gasteiger partial charge >= 0.3 is 0 Å². The smallest absolute Gasteiger partial charge is 0.116 e. The van der Waals surface area contributed by atoms with E-state index in [0.29, 0.717) is 24.5 Å². The second-order valence-electron chi connectivity index (χ2n) is 8.81. The molecule has 0 amide bonds. The molecule has 3 saturated carbocycles. The van der Waals surface area contributed by atoms with E-state index in [1.165, 1.54) is 0 Å². The summed E-state index contributed by atoms with van der Waals surface area (Å²) in [5.41, 5.74) is 5.95. The van der Waals surface area contributed by atoms with Crippen LogP contribution in [0.25, 0.3) is 0 Å². The van der Waals surface area contributed by atoms with Gasteiger partial charge in [0.1, 0.15) is 11.9 Å². The molecule has 4 rings (SSSR count). The van der Waals surface area contributed by atoms with Crippen molar-refractivity contribution in [3.8, 4) is 0 Å². The second-order valence-corrected chi connectivity index (χ2v) is 8.81. The summed E-state index contributed by atoms with van der Waals surface area (Å²) in [5, 5.41) is 20.7. The van der Waals surface area contributed by atoms with Gasteiger partial charge in [-0.15, -0.1) is 0 Å². The lowest BCUT2D eigenvalue weighted by Crippen LogP contribution is -2.57. The SMILES string of the molecule is C[C@]12CC[C@H]3[C@@H]([C@@H](O)CC4C=C(O)C=C[C@@]43C)[C@@H]1C[C@@H](F)[C@H]2N. The number of hydrogen-bond donors (Lipinski definition) is 3. The molecule has 0 heterocycles. The Morgan fingerprint density at radius 3 is 2.74 bits per heavy atom. The molecule has 3 fully saturated rings. The highest BCUT2D eigenvalue weighted by Crippen LogP contribution is 2.64. The van der Waals surface area contributed by atoms with E-state index in [0.717, 1.165) is 12.8 Å². The zero-order valence-electron chi connectivity index (χ0n) is 14.0. The molecule has 0 spiro atoms. The van der Waals surface area contributed by atoms with Crippen LogP contribution in [0.1, 0.15) is 39.5 Å². The third-order valence-corrected chi connectivity index (χ3v) is 7.92. The predicted molar refractivity (Wildman–Crippen MR) is 87.4 cm³/mol. The van der Waals surface area contributed by atoms with E-state index in [1.807, 2.05) is 6.08 Å². The Hall–Kier alpha value is -0.870. The van der Waals surface area contributed by atoms with Gasteiger partial charge in [-0.05, 0) is 72.3 Å². The summed E-state index contributed by atoms with van der Waals surface area (Å²) in [7, 11) is 0. The molecular formula is C19H28FNO2. The predicted octanol–water partition coefficient (Wildman–Crippen LogP) is 3.10. The molecule has 9 atom stereocenters. The first kappa shape index (κ1) is 15.6. The van der Waals surface area contributed by atoms with Crippen LogP contribution in [0.3, 0.4) is 0 Å². The van der Waals surface area contributed by atoms with E-state index >= 15 is 0 Å². The van der Waals surface area contributed by atoms with Crippen LogP contribution in [0.4, 0.5) is 4.39 Å². The molecule has 23 heavy (non-hydrogen) atoms. The normalized spacial score (nSPS) is 58.1. The summed E-state index contributed by atoms with van der Waals surface area (Å²) in [6, 6.07) is -0.406. The summed E-state index contributed by atoms with van der Waals surface area (Å²) in [5.74, 6) is 1.05. The fraction of sp³-hybridized carbons (Fsp3) is 0.789. The zero-order chi connectivity index (χ0) is 16.6. The summed E-state index contributed by atoms with van der Waals surface area (Å²) in [4.78, 5) is 0. The Morgan fingerprint density at radius 1 is 1.26 bits per heavy atom. The molecule has 0 radical (unpaired) electrons. The maximum atomic E-state index is 14.4. The fourth-order valence-corrected chi connectivity index (χ4v) is 6.44. The molecule has 128 valence electrons. The summed E-state index contributed by atoms with van der Waals surface area (Å²) >= 11 is 0. The lowest BCUT2D eigenvalue weighted by atomic mass is 9.46. The number of allylic oxidation sites excluding steroid dienone is 3. The molecule has 0 aromatic carbocycles. The Kier molecular flexibility index (Phi) is 3.28. The topological polar surface area (TPSA) is 66.5 Å². The number of alkyl halides is 1. The van der Waals surface area contributed by atoms with Gasteiger partial charge in [-0.2, -0.15) is 0 Å². The van der Waals surface area contributed by atoms with Crippen molar-refractivity contribution in [2.75, 3.05) is 0 Å². The molecule has 4 aliphatic rings. The highest BCUT2D eigenvalue weighted by atomic mass is 19.1. The van der Waals surface area contributed by atoms with Gasteiger partial charge in [0, 0.05) is 6.04 Å². The van der Waals surface area contributed by atoms with Gasteiger partial charge in [-0.1, -0.05) is 19.9 Å². The number of halogens is 1. The number of rotatable bonds is 0. The Balaban J connectivity index is 1.73. The van der Waals surface area contributed by atoms with E-state index in [-0.39, 0.29) is 28.6 Å². The maximum Gasteiger partial charge on any atom is 0.116 e. The van der Waals surface area contributed by atoms with Crippen LogP contribution in [-0.4, -0.2) is 28.5 Å². The van der Waals surface area contributed by atoms with E-state index < -0.39 is 18.3 Å². The van der Waals surface area contributed by atoms with Gasteiger partial charge in [0.2, 0.25) is 0 Å². The largest absolute Gasteiger partial charge is 0.508 e. The second kappa shape index (κ2) is 4.82. The molecule has 3 nitrogen and oxygen atoms in total. The first-order valence-electron chi connectivity index (χ1n) is 8.95. The molecule has 0 bridgehead atoms. The van der Waals surface area contributed by atoms with Gasteiger partial charge in [0.15, 0.2) is 0 Å². The van der Waals surface area contributed by atoms with Gasteiger partial charge in [-0.3, -0.25) is 0 Å². The number of fused-ring (bicyclic) bond motifs is 5. The average molecular weight is 321 g/mol. The van der Waals surface area contributed by atoms with E-state index in [1.54, 1.807) is 6.08 Å². The molecule has 4 heteroatoms. The summed E-state index contributed by atoms with van der Waals surface area (Å²) < 4.78 is 14.4. The van der Waals surface area contributed by atoms with E-state index in [9.17, 15) is 14.6 Å². The number of nitrogens with two attached hydrogens (primary N) is 1. The van der Waals surface area contributed by atoms with E-state index in [2.05, 4.69) is 19.9 Å². The molecule has 4 N–H and O–H groups in total. The Labute approximate surface area is 137 Å². The minimum Gasteiger partial charge on any atom is -0.508 e. The molecule has 0 aromatic rings. The summed E-state index contributed by atoms with van der Waals surface area (Å²) in [6.07, 6.45) is 7.46. The Bertz CT molecular complexity index is 576. The van der Waals surface area contributed by atoms with E-state index in [4.69, 9.17) is 5.73 Å². The highest BCUT2D eigenvalue weighted by molar-refractivity contribution is 5.28. The lowest BCUT2D eigenvalue weighted by Gasteiger charge is -2.59. The zero-order valence-corrected chi connectivity index (χ0v) is 14.0. The van der Waals surface area contributed by atoms with Gasteiger partial charge < -0.3 is 15.9 Å².